The number of carbonyl (C=O) groups is 1. The van der Waals surface area contributed by atoms with E-state index in [1.165, 1.54) is 12.7 Å². The van der Waals surface area contributed by atoms with E-state index in [9.17, 15) is 4.79 Å². The minimum atomic E-state index is -0.455. The summed E-state index contributed by atoms with van der Waals surface area (Å²) in [4.78, 5) is 11.5. The average molecular weight is 287 g/mol. The molecule has 4 nitrogen and oxygen atoms in total. The fraction of sp³-hybridized carbons (Fsp3) is 0.353. The van der Waals surface area contributed by atoms with E-state index >= 15 is 0 Å². The van der Waals surface area contributed by atoms with Gasteiger partial charge in [0.2, 0.25) is 5.76 Å². The largest absolute Gasteiger partial charge is 0.463 e. The SMILES string of the molecule is CCNC(c1ccc(C(=O)OC)o1)C(C)c1ccccc1. The number of likely N-dealkylation sites (N-methyl/N-ethyl adjacent to an activating group) is 1. The lowest BCUT2D eigenvalue weighted by Crippen LogP contribution is -2.25. The van der Waals surface area contributed by atoms with Gasteiger partial charge in [0.1, 0.15) is 5.76 Å². The van der Waals surface area contributed by atoms with Crippen molar-refractivity contribution in [2.24, 2.45) is 0 Å². The Kier molecular flexibility index (Phi) is 5.17. The standard InChI is InChI=1S/C17H21NO3/c1-4-18-16(12(2)13-8-6-5-7-9-13)14-10-11-15(21-14)17(19)20-3/h5-12,16,18H,4H2,1-3H3. The molecule has 0 bridgehead atoms. The summed E-state index contributed by atoms with van der Waals surface area (Å²) in [5.74, 6) is 0.746. The third kappa shape index (κ3) is 3.52. The van der Waals surface area contributed by atoms with Crippen LogP contribution in [0.3, 0.4) is 0 Å². The molecule has 2 atom stereocenters. The highest BCUT2D eigenvalue weighted by Crippen LogP contribution is 2.31. The van der Waals surface area contributed by atoms with E-state index in [4.69, 9.17) is 4.42 Å². The fourth-order valence-electron chi connectivity index (χ4n) is 2.42. The summed E-state index contributed by atoms with van der Waals surface area (Å²) in [7, 11) is 1.35. The minimum Gasteiger partial charge on any atom is -0.463 e. The molecule has 2 rings (SSSR count). The second-order valence-electron chi connectivity index (χ2n) is 4.93. The molecule has 21 heavy (non-hydrogen) atoms. The van der Waals surface area contributed by atoms with Gasteiger partial charge in [-0.25, -0.2) is 4.79 Å². The number of methoxy groups -OCH3 is 1. The van der Waals surface area contributed by atoms with Crippen molar-refractivity contribution in [2.45, 2.75) is 25.8 Å². The molecule has 0 aliphatic carbocycles. The molecular weight excluding hydrogens is 266 g/mol. The van der Waals surface area contributed by atoms with Crippen molar-refractivity contribution in [3.8, 4) is 0 Å². The van der Waals surface area contributed by atoms with E-state index in [0.717, 1.165) is 12.3 Å². The topological polar surface area (TPSA) is 51.5 Å². The summed E-state index contributed by atoms with van der Waals surface area (Å²) >= 11 is 0. The molecule has 0 amide bonds. The van der Waals surface area contributed by atoms with Gasteiger partial charge in [-0.3, -0.25) is 0 Å². The van der Waals surface area contributed by atoms with Gasteiger partial charge in [0, 0.05) is 5.92 Å². The molecule has 0 aliphatic heterocycles. The quantitative estimate of drug-likeness (QED) is 0.826. The molecule has 0 aliphatic rings. The van der Waals surface area contributed by atoms with E-state index in [2.05, 4.69) is 36.0 Å². The lowest BCUT2D eigenvalue weighted by Gasteiger charge is -2.23. The Balaban J connectivity index is 2.26. The van der Waals surface area contributed by atoms with Crippen molar-refractivity contribution in [1.82, 2.24) is 5.32 Å². The zero-order valence-electron chi connectivity index (χ0n) is 12.6. The first kappa shape index (κ1) is 15.3. The summed E-state index contributed by atoms with van der Waals surface area (Å²) in [5, 5.41) is 3.42. The molecule has 1 heterocycles. The summed E-state index contributed by atoms with van der Waals surface area (Å²) < 4.78 is 10.3. The Morgan fingerprint density at radius 1 is 1.24 bits per heavy atom. The second kappa shape index (κ2) is 7.09. The van der Waals surface area contributed by atoms with Crippen molar-refractivity contribution < 1.29 is 13.9 Å². The number of rotatable bonds is 6. The maximum Gasteiger partial charge on any atom is 0.373 e. The van der Waals surface area contributed by atoms with Gasteiger partial charge in [-0.15, -0.1) is 0 Å². The first-order valence-corrected chi connectivity index (χ1v) is 7.13. The highest BCUT2D eigenvalue weighted by Gasteiger charge is 2.24. The number of carbonyl (C=O) groups excluding carboxylic acids is 1. The second-order valence-corrected chi connectivity index (χ2v) is 4.93. The zero-order valence-corrected chi connectivity index (χ0v) is 12.6. The Bertz CT molecular complexity index is 577. The number of hydrogen-bond donors (Lipinski definition) is 1. The maximum absolute atomic E-state index is 11.5. The van der Waals surface area contributed by atoms with E-state index < -0.39 is 5.97 Å². The van der Waals surface area contributed by atoms with Crippen LogP contribution < -0.4 is 5.32 Å². The van der Waals surface area contributed by atoms with E-state index in [0.29, 0.717) is 0 Å². The van der Waals surface area contributed by atoms with Gasteiger partial charge >= 0.3 is 5.97 Å². The molecule has 1 aromatic carbocycles. The number of hydrogen-bond acceptors (Lipinski definition) is 4. The summed E-state index contributed by atoms with van der Waals surface area (Å²) in [6.07, 6.45) is 0. The molecule has 0 radical (unpaired) electrons. The van der Waals surface area contributed by atoms with Crippen molar-refractivity contribution in [1.29, 1.82) is 0 Å². The predicted molar refractivity (Wildman–Crippen MR) is 81.3 cm³/mol. The van der Waals surface area contributed by atoms with Crippen molar-refractivity contribution in [3.05, 3.63) is 59.5 Å². The van der Waals surface area contributed by atoms with Gasteiger partial charge < -0.3 is 14.5 Å². The summed E-state index contributed by atoms with van der Waals surface area (Å²) in [5.41, 5.74) is 1.22. The molecule has 0 fully saturated rings. The van der Waals surface area contributed by atoms with Crippen LogP contribution in [-0.4, -0.2) is 19.6 Å². The van der Waals surface area contributed by atoms with Gasteiger partial charge in [0.05, 0.1) is 13.2 Å². The number of benzene rings is 1. The molecule has 112 valence electrons. The maximum atomic E-state index is 11.5. The lowest BCUT2D eigenvalue weighted by atomic mass is 9.92. The highest BCUT2D eigenvalue weighted by atomic mass is 16.5. The highest BCUT2D eigenvalue weighted by molar-refractivity contribution is 5.86. The van der Waals surface area contributed by atoms with Crippen molar-refractivity contribution in [3.63, 3.8) is 0 Å². The zero-order chi connectivity index (χ0) is 15.2. The monoisotopic (exact) mass is 287 g/mol. The molecule has 4 heteroatoms. The third-order valence-corrected chi connectivity index (χ3v) is 3.57. The van der Waals surface area contributed by atoms with Crippen LogP contribution in [0.2, 0.25) is 0 Å². The first-order chi connectivity index (χ1) is 10.2. The Hall–Kier alpha value is -2.07. The summed E-state index contributed by atoms with van der Waals surface area (Å²) in [6.45, 7) is 5.01. The molecular formula is C17H21NO3. The number of nitrogens with one attached hydrogen (secondary N) is 1. The van der Waals surface area contributed by atoms with Crippen LogP contribution in [-0.2, 0) is 4.74 Å². The van der Waals surface area contributed by atoms with Crippen molar-refractivity contribution in [2.75, 3.05) is 13.7 Å². The van der Waals surface area contributed by atoms with Gasteiger partial charge in [-0.05, 0) is 24.2 Å². The number of furan rings is 1. The molecule has 0 saturated carbocycles. The van der Waals surface area contributed by atoms with Gasteiger partial charge in [-0.2, -0.15) is 0 Å². The Morgan fingerprint density at radius 3 is 2.57 bits per heavy atom. The van der Waals surface area contributed by atoms with Crippen LogP contribution in [0, 0.1) is 0 Å². The van der Waals surface area contributed by atoms with Crippen LogP contribution in [0.15, 0.2) is 46.9 Å². The van der Waals surface area contributed by atoms with Gasteiger partial charge in [0.25, 0.3) is 0 Å². The summed E-state index contributed by atoms with van der Waals surface area (Å²) in [6, 6.07) is 13.7. The third-order valence-electron chi connectivity index (χ3n) is 3.57. The normalized spacial score (nSPS) is 13.7. The smallest absolute Gasteiger partial charge is 0.373 e. The van der Waals surface area contributed by atoms with E-state index in [1.54, 1.807) is 6.07 Å². The van der Waals surface area contributed by atoms with Gasteiger partial charge in [0.15, 0.2) is 0 Å². The molecule has 0 spiro atoms. The number of esters is 1. The molecule has 1 N–H and O–H groups in total. The van der Waals surface area contributed by atoms with E-state index in [-0.39, 0.29) is 17.7 Å². The molecule has 1 aromatic heterocycles. The average Bonchev–Trinajstić information content (AvgIpc) is 3.01. The van der Waals surface area contributed by atoms with Crippen LogP contribution in [0.4, 0.5) is 0 Å². The van der Waals surface area contributed by atoms with Crippen LogP contribution in [0.5, 0.6) is 0 Å². The van der Waals surface area contributed by atoms with Gasteiger partial charge in [-0.1, -0.05) is 44.2 Å². The van der Waals surface area contributed by atoms with Crippen LogP contribution >= 0.6 is 0 Å². The molecule has 2 unspecified atom stereocenters. The Labute approximate surface area is 125 Å². The number of ether oxygens (including phenoxy) is 1. The first-order valence-electron chi connectivity index (χ1n) is 7.13. The van der Waals surface area contributed by atoms with Crippen molar-refractivity contribution >= 4 is 5.97 Å². The minimum absolute atomic E-state index is 0.0100. The molecule has 2 aromatic rings. The lowest BCUT2D eigenvalue weighted by molar-refractivity contribution is 0.0561. The Morgan fingerprint density at radius 2 is 1.95 bits per heavy atom. The van der Waals surface area contributed by atoms with E-state index in [1.807, 2.05) is 24.3 Å². The molecule has 0 saturated heterocycles. The predicted octanol–water partition coefficient (Wildman–Crippen LogP) is 3.52. The van der Waals surface area contributed by atoms with Crippen LogP contribution in [0.1, 0.15) is 47.7 Å². The fourth-order valence-corrected chi connectivity index (χ4v) is 2.42. The van der Waals surface area contributed by atoms with Crippen LogP contribution in [0.25, 0.3) is 0 Å².